The van der Waals surface area contributed by atoms with E-state index >= 15 is 0 Å². The fourth-order valence-corrected chi connectivity index (χ4v) is 7.41. The Balaban J connectivity index is 4.28. The van der Waals surface area contributed by atoms with Crippen molar-refractivity contribution >= 4 is 17.9 Å². The summed E-state index contributed by atoms with van der Waals surface area (Å²) in [6, 6.07) is 0. The summed E-state index contributed by atoms with van der Waals surface area (Å²) in [5, 5.41) is 0. The molecule has 6 heteroatoms. The van der Waals surface area contributed by atoms with E-state index in [1.54, 1.807) is 0 Å². The van der Waals surface area contributed by atoms with Crippen LogP contribution in [-0.4, -0.2) is 37.2 Å². The fourth-order valence-electron chi connectivity index (χ4n) is 7.41. The second-order valence-corrected chi connectivity index (χ2v) is 18.5. The van der Waals surface area contributed by atoms with Crippen LogP contribution in [0.1, 0.15) is 266 Å². The van der Waals surface area contributed by atoms with Crippen LogP contribution in [0, 0.1) is 17.8 Å². The highest BCUT2D eigenvalue weighted by Crippen LogP contribution is 2.17. The lowest BCUT2D eigenvalue weighted by Crippen LogP contribution is -2.30. The van der Waals surface area contributed by atoms with Crippen molar-refractivity contribution in [2.45, 2.75) is 272 Å². The van der Waals surface area contributed by atoms with Crippen LogP contribution < -0.4 is 0 Å². The maximum Gasteiger partial charge on any atom is 0.306 e. The first-order valence-electron chi connectivity index (χ1n) is 24.6. The maximum absolute atomic E-state index is 12.7. The molecule has 332 valence electrons. The van der Waals surface area contributed by atoms with Crippen LogP contribution in [0.4, 0.5) is 0 Å². The van der Waals surface area contributed by atoms with Crippen LogP contribution in [-0.2, 0) is 28.6 Å². The molecule has 0 aliphatic rings. The van der Waals surface area contributed by atoms with Crippen LogP contribution in [0.5, 0.6) is 0 Å². The molecule has 1 atom stereocenters. The molecule has 0 unspecified atom stereocenters. The summed E-state index contributed by atoms with van der Waals surface area (Å²) in [4.78, 5) is 37.8. The molecule has 0 aliphatic heterocycles. The van der Waals surface area contributed by atoms with Crippen LogP contribution in [0.15, 0.2) is 0 Å². The molecule has 0 fully saturated rings. The van der Waals surface area contributed by atoms with Gasteiger partial charge in [0.2, 0.25) is 0 Å². The first-order valence-corrected chi connectivity index (χ1v) is 24.6. The zero-order valence-corrected chi connectivity index (χ0v) is 38.4. The lowest BCUT2D eigenvalue weighted by molar-refractivity contribution is -0.167. The normalized spacial score (nSPS) is 12.2. The van der Waals surface area contributed by atoms with Gasteiger partial charge < -0.3 is 14.2 Å². The van der Waals surface area contributed by atoms with Crippen molar-refractivity contribution in [3.63, 3.8) is 0 Å². The Morgan fingerprint density at radius 3 is 0.768 bits per heavy atom. The van der Waals surface area contributed by atoms with Crippen molar-refractivity contribution in [1.82, 2.24) is 0 Å². The van der Waals surface area contributed by atoms with Crippen molar-refractivity contribution in [2.75, 3.05) is 13.2 Å². The molecule has 6 nitrogen and oxygen atoms in total. The first kappa shape index (κ1) is 54.4. The highest BCUT2D eigenvalue weighted by Gasteiger charge is 2.19. The van der Waals surface area contributed by atoms with E-state index in [4.69, 9.17) is 14.2 Å². The molecule has 0 saturated heterocycles. The minimum Gasteiger partial charge on any atom is -0.462 e. The third kappa shape index (κ3) is 43.5. The van der Waals surface area contributed by atoms with Crippen LogP contribution >= 0.6 is 0 Å². The number of carbonyl (C=O) groups excluding carboxylic acids is 3. The molecule has 0 amide bonds. The molecule has 0 N–H and O–H groups in total. The third-order valence-corrected chi connectivity index (χ3v) is 11.1. The molecule has 0 aromatic carbocycles. The summed E-state index contributed by atoms with van der Waals surface area (Å²) in [5.74, 6) is 1.56. The predicted molar refractivity (Wildman–Crippen MR) is 238 cm³/mol. The van der Waals surface area contributed by atoms with E-state index in [2.05, 4.69) is 41.5 Å². The lowest BCUT2D eigenvalue weighted by Gasteiger charge is -2.18. The van der Waals surface area contributed by atoms with Gasteiger partial charge in [-0.2, -0.15) is 0 Å². The maximum atomic E-state index is 12.7. The molecule has 0 bridgehead atoms. The van der Waals surface area contributed by atoms with E-state index < -0.39 is 6.10 Å². The predicted octanol–water partition coefficient (Wildman–Crippen LogP) is 15.6. The summed E-state index contributed by atoms with van der Waals surface area (Å²) in [6.07, 6.45) is 39.6. The van der Waals surface area contributed by atoms with Crippen LogP contribution in [0.2, 0.25) is 0 Å². The number of esters is 3. The Morgan fingerprint density at radius 2 is 0.518 bits per heavy atom. The molecule has 0 aromatic rings. The fraction of sp³-hybridized carbons (Fsp3) is 0.940. The molecule has 0 radical (unpaired) electrons. The Hall–Kier alpha value is -1.59. The number of unbranched alkanes of at least 4 members (excludes halogenated alkanes) is 26. The molecule has 56 heavy (non-hydrogen) atoms. The average Bonchev–Trinajstić information content (AvgIpc) is 3.15. The van der Waals surface area contributed by atoms with E-state index in [1.165, 1.54) is 148 Å². The Kier molecular flexibility index (Phi) is 40.4. The number of hydrogen-bond acceptors (Lipinski definition) is 6. The molecule has 0 heterocycles. The summed E-state index contributed by atoms with van der Waals surface area (Å²) in [6.45, 7) is 13.6. The van der Waals surface area contributed by atoms with Gasteiger partial charge in [-0.25, -0.2) is 0 Å². The zero-order chi connectivity index (χ0) is 41.3. The molecular formula is C50H96O6. The second kappa shape index (κ2) is 41.6. The van der Waals surface area contributed by atoms with Gasteiger partial charge in [0.05, 0.1) is 0 Å². The van der Waals surface area contributed by atoms with Gasteiger partial charge in [0.15, 0.2) is 6.10 Å². The van der Waals surface area contributed by atoms with Gasteiger partial charge in [-0.15, -0.1) is 0 Å². The van der Waals surface area contributed by atoms with Gasteiger partial charge in [-0.3, -0.25) is 14.4 Å². The monoisotopic (exact) mass is 793 g/mol. The van der Waals surface area contributed by atoms with Gasteiger partial charge in [0, 0.05) is 19.3 Å². The smallest absolute Gasteiger partial charge is 0.306 e. The van der Waals surface area contributed by atoms with Crippen molar-refractivity contribution in [2.24, 2.45) is 17.8 Å². The van der Waals surface area contributed by atoms with E-state index in [0.29, 0.717) is 19.3 Å². The molecule has 0 rings (SSSR count). The van der Waals surface area contributed by atoms with Crippen molar-refractivity contribution in [1.29, 1.82) is 0 Å². The lowest BCUT2D eigenvalue weighted by atomic mass is 10.0. The first-order chi connectivity index (χ1) is 27.1. The van der Waals surface area contributed by atoms with Gasteiger partial charge in [-0.1, -0.05) is 228 Å². The molecule has 0 aliphatic carbocycles. The van der Waals surface area contributed by atoms with E-state index in [1.807, 2.05) is 0 Å². The van der Waals surface area contributed by atoms with Crippen LogP contribution in [0.3, 0.4) is 0 Å². The summed E-state index contributed by atoms with van der Waals surface area (Å²) < 4.78 is 16.7. The molecular weight excluding hydrogens is 697 g/mol. The van der Waals surface area contributed by atoms with Gasteiger partial charge in [-0.05, 0) is 37.0 Å². The van der Waals surface area contributed by atoms with E-state index in [-0.39, 0.29) is 31.1 Å². The molecule has 0 spiro atoms. The number of rotatable bonds is 43. The Bertz CT molecular complexity index is 868. The third-order valence-electron chi connectivity index (χ3n) is 11.1. The minimum absolute atomic E-state index is 0.0658. The van der Waals surface area contributed by atoms with Gasteiger partial charge in [0.25, 0.3) is 0 Å². The summed E-state index contributed by atoms with van der Waals surface area (Å²) >= 11 is 0. The van der Waals surface area contributed by atoms with Crippen LogP contribution in [0.25, 0.3) is 0 Å². The van der Waals surface area contributed by atoms with Crippen molar-refractivity contribution in [3.8, 4) is 0 Å². The van der Waals surface area contributed by atoms with Crippen molar-refractivity contribution < 1.29 is 28.6 Å². The van der Waals surface area contributed by atoms with Crippen molar-refractivity contribution in [3.05, 3.63) is 0 Å². The number of carbonyl (C=O) groups is 3. The average molecular weight is 793 g/mol. The molecule has 0 saturated carbocycles. The zero-order valence-electron chi connectivity index (χ0n) is 38.4. The molecule has 0 aromatic heterocycles. The number of ether oxygens (including phenoxy) is 3. The Morgan fingerprint density at radius 1 is 0.304 bits per heavy atom. The highest BCUT2D eigenvalue weighted by molar-refractivity contribution is 5.71. The second-order valence-electron chi connectivity index (χ2n) is 18.5. The highest BCUT2D eigenvalue weighted by atomic mass is 16.6. The van der Waals surface area contributed by atoms with E-state index in [0.717, 1.165) is 75.5 Å². The Labute approximate surface area is 348 Å². The number of hydrogen-bond donors (Lipinski definition) is 0. The SMILES string of the molecule is CC(C)CCCCCCCCCCCCCCCC(=O)OC[C@H](COC(=O)CCCCCCCCC(C)C)OC(=O)CCCCCCCCCCCCC(C)C. The van der Waals surface area contributed by atoms with Gasteiger partial charge >= 0.3 is 17.9 Å². The standard InChI is InChI=1S/C50H96O6/c1-44(2)36-30-24-18-14-10-8-7-9-11-16-20-27-33-39-48(51)54-42-47(43-55-49(52)40-34-28-23-22-26-32-38-46(5)6)56-50(53)41-35-29-21-17-13-12-15-19-25-31-37-45(3)4/h44-47H,7-43H2,1-6H3/t47-/m1/s1. The quantitative estimate of drug-likeness (QED) is 0.0348. The van der Waals surface area contributed by atoms with Gasteiger partial charge in [0.1, 0.15) is 13.2 Å². The van der Waals surface area contributed by atoms with E-state index in [9.17, 15) is 14.4 Å². The largest absolute Gasteiger partial charge is 0.462 e. The summed E-state index contributed by atoms with van der Waals surface area (Å²) in [7, 11) is 0. The minimum atomic E-state index is -0.762. The topological polar surface area (TPSA) is 78.9 Å². The summed E-state index contributed by atoms with van der Waals surface area (Å²) in [5.41, 5.74) is 0.